The molecule has 128 valence electrons. The van der Waals surface area contributed by atoms with Crippen LogP contribution in [0.1, 0.15) is 32.3 Å². The van der Waals surface area contributed by atoms with Crippen LogP contribution in [0.25, 0.3) is 6.08 Å². The highest BCUT2D eigenvalue weighted by molar-refractivity contribution is 5.52. The van der Waals surface area contributed by atoms with Gasteiger partial charge in [-0.2, -0.15) is 4.39 Å². The molecule has 0 unspecified atom stereocenters. The largest absolute Gasteiger partial charge is 0.491 e. The predicted molar refractivity (Wildman–Crippen MR) is 81.0 cm³/mol. The van der Waals surface area contributed by atoms with Gasteiger partial charge in [0.1, 0.15) is 0 Å². The van der Waals surface area contributed by atoms with E-state index < -0.39 is 23.6 Å². The van der Waals surface area contributed by atoms with E-state index in [1.165, 1.54) is 24.3 Å². The van der Waals surface area contributed by atoms with E-state index in [0.29, 0.717) is 12.8 Å². The Morgan fingerprint density at radius 1 is 1.22 bits per heavy atom. The summed E-state index contributed by atoms with van der Waals surface area (Å²) in [7, 11) is 0. The van der Waals surface area contributed by atoms with Gasteiger partial charge in [0.25, 0.3) is 0 Å². The van der Waals surface area contributed by atoms with Gasteiger partial charge in [0.05, 0.1) is 19.8 Å². The first kappa shape index (κ1) is 17.8. The van der Waals surface area contributed by atoms with Crippen molar-refractivity contribution in [3.8, 4) is 5.75 Å². The lowest BCUT2D eigenvalue weighted by molar-refractivity contribution is -0.212. The molecule has 0 bridgehead atoms. The van der Waals surface area contributed by atoms with Crippen LogP contribution in [0, 0.1) is 11.6 Å². The summed E-state index contributed by atoms with van der Waals surface area (Å²) in [4.78, 5) is 0. The average Bonchev–Trinajstić information content (AvgIpc) is 2.53. The van der Waals surface area contributed by atoms with Crippen LogP contribution in [0.5, 0.6) is 5.75 Å². The van der Waals surface area contributed by atoms with Gasteiger partial charge in [-0.05, 0) is 31.6 Å². The molecule has 1 aromatic carbocycles. The van der Waals surface area contributed by atoms with Gasteiger partial charge >= 0.3 is 0 Å². The summed E-state index contributed by atoms with van der Waals surface area (Å²) in [6.45, 7) is 3.67. The van der Waals surface area contributed by atoms with Crippen molar-refractivity contribution in [3.63, 3.8) is 0 Å². The second-order valence-electron chi connectivity index (χ2n) is 5.46. The fourth-order valence-corrected chi connectivity index (χ4v) is 2.38. The summed E-state index contributed by atoms with van der Waals surface area (Å²) < 4.78 is 57.3. The standard InChI is InChI=1S/C17H21F3O3/c1-3-9-17(20)10-22-14(23-11-17)8-6-12-5-7-13(21-4-2)16(19)15(12)18/h5-8,14H,3-4,9-11H2,1-2H3. The molecule has 3 nitrogen and oxygen atoms in total. The Balaban J connectivity index is 2.00. The summed E-state index contributed by atoms with van der Waals surface area (Å²) in [6.07, 6.45) is 3.07. The molecule has 23 heavy (non-hydrogen) atoms. The molecule has 1 heterocycles. The second-order valence-corrected chi connectivity index (χ2v) is 5.46. The fourth-order valence-electron chi connectivity index (χ4n) is 2.38. The van der Waals surface area contributed by atoms with E-state index in [2.05, 4.69) is 0 Å². The lowest BCUT2D eigenvalue weighted by Crippen LogP contribution is -2.43. The molecule has 6 heteroatoms. The Morgan fingerprint density at radius 3 is 2.52 bits per heavy atom. The van der Waals surface area contributed by atoms with E-state index in [1.807, 2.05) is 6.92 Å². The lowest BCUT2D eigenvalue weighted by Gasteiger charge is -2.32. The molecule has 0 saturated carbocycles. The summed E-state index contributed by atoms with van der Waals surface area (Å²) in [5.41, 5.74) is -1.43. The van der Waals surface area contributed by atoms with Crippen molar-refractivity contribution in [1.29, 1.82) is 0 Å². The second kappa shape index (κ2) is 7.84. The minimum absolute atomic E-state index is 0.0452. The molecule has 1 fully saturated rings. The van der Waals surface area contributed by atoms with Crippen LogP contribution in [0.4, 0.5) is 13.2 Å². The summed E-state index contributed by atoms with van der Waals surface area (Å²) >= 11 is 0. The molecule has 1 saturated heterocycles. The van der Waals surface area contributed by atoms with E-state index in [9.17, 15) is 13.2 Å². The maximum Gasteiger partial charge on any atom is 0.201 e. The van der Waals surface area contributed by atoms with E-state index >= 15 is 0 Å². The van der Waals surface area contributed by atoms with Gasteiger partial charge in [-0.3, -0.25) is 0 Å². The lowest BCUT2D eigenvalue weighted by atomic mass is 10.0. The predicted octanol–water partition coefficient (Wildman–Crippen LogP) is 4.26. The van der Waals surface area contributed by atoms with Gasteiger partial charge in [0, 0.05) is 5.56 Å². The quantitative estimate of drug-likeness (QED) is 0.780. The average molecular weight is 330 g/mol. The zero-order valence-corrected chi connectivity index (χ0v) is 13.3. The number of ether oxygens (including phenoxy) is 3. The van der Waals surface area contributed by atoms with Gasteiger partial charge in [0.2, 0.25) is 5.82 Å². The number of halogens is 3. The first-order valence-electron chi connectivity index (χ1n) is 7.70. The molecule has 0 N–H and O–H groups in total. The van der Waals surface area contributed by atoms with Crippen LogP contribution in [0.15, 0.2) is 18.2 Å². The van der Waals surface area contributed by atoms with Crippen LogP contribution in [0.3, 0.4) is 0 Å². The van der Waals surface area contributed by atoms with Crippen molar-refractivity contribution in [2.24, 2.45) is 0 Å². The van der Waals surface area contributed by atoms with Gasteiger partial charge in [-0.1, -0.05) is 19.4 Å². The van der Waals surface area contributed by atoms with Gasteiger partial charge in [-0.25, -0.2) is 8.78 Å². The highest BCUT2D eigenvalue weighted by atomic mass is 19.2. The molecule has 1 aromatic rings. The Bertz CT molecular complexity index is 552. The summed E-state index contributed by atoms with van der Waals surface area (Å²) in [5.74, 6) is -2.17. The Morgan fingerprint density at radius 2 is 1.91 bits per heavy atom. The van der Waals surface area contributed by atoms with E-state index in [4.69, 9.17) is 14.2 Å². The first-order valence-corrected chi connectivity index (χ1v) is 7.70. The molecule has 1 aliphatic rings. The molecule has 0 amide bonds. The number of rotatable bonds is 6. The molecular weight excluding hydrogens is 309 g/mol. The minimum Gasteiger partial charge on any atom is -0.491 e. The normalized spacial score (nSPS) is 25.0. The van der Waals surface area contributed by atoms with Gasteiger partial charge < -0.3 is 14.2 Å². The molecule has 1 aliphatic heterocycles. The van der Waals surface area contributed by atoms with Crippen molar-refractivity contribution >= 4 is 6.08 Å². The van der Waals surface area contributed by atoms with Crippen molar-refractivity contribution in [2.75, 3.05) is 19.8 Å². The third-order valence-corrected chi connectivity index (χ3v) is 3.52. The highest BCUT2D eigenvalue weighted by Crippen LogP contribution is 2.27. The molecule has 0 spiro atoms. The summed E-state index contributed by atoms with van der Waals surface area (Å²) in [5, 5.41) is 0. The van der Waals surface area contributed by atoms with Crippen LogP contribution in [0.2, 0.25) is 0 Å². The molecule has 0 radical (unpaired) electrons. The van der Waals surface area contributed by atoms with Crippen molar-refractivity contribution in [2.45, 2.75) is 38.6 Å². The van der Waals surface area contributed by atoms with Crippen molar-refractivity contribution in [3.05, 3.63) is 35.4 Å². The number of hydrogen-bond donors (Lipinski definition) is 0. The highest BCUT2D eigenvalue weighted by Gasteiger charge is 2.35. The zero-order valence-electron chi connectivity index (χ0n) is 13.3. The van der Waals surface area contributed by atoms with Crippen LogP contribution in [-0.2, 0) is 9.47 Å². The van der Waals surface area contributed by atoms with Gasteiger partial charge in [-0.15, -0.1) is 0 Å². The maximum absolute atomic E-state index is 14.1. The maximum atomic E-state index is 14.1. The third-order valence-electron chi connectivity index (χ3n) is 3.52. The topological polar surface area (TPSA) is 27.7 Å². The molecule has 0 aromatic heterocycles. The van der Waals surface area contributed by atoms with E-state index in [0.717, 1.165) is 0 Å². The molecular formula is C17H21F3O3. The van der Waals surface area contributed by atoms with Crippen LogP contribution < -0.4 is 4.74 Å². The molecule has 0 atom stereocenters. The van der Waals surface area contributed by atoms with Crippen LogP contribution in [-0.4, -0.2) is 31.8 Å². The van der Waals surface area contributed by atoms with Crippen LogP contribution >= 0.6 is 0 Å². The fraction of sp³-hybridized carbons (Fsp3) is 0.529. The number of hydrogen-bond acceptors (Lipinski definition) is 3. The van der Waals surface area contributed by atoms with Gasteiger partial charge in [0.15, 0.2) is 23.5 Å². The zero-order chi connectivity index (χ0) is 16.9. The Kier molecular flexibility index (Phi) is 6.07. The first-order chi connectivity index (χ1) is 11.0. The third kappa shape index (κ3) is 4.48. The number of alkyl halides is 1. The molecule has 2 rings (SSSR count). The number of benzene rings is 1. The van der Waals surface area contributed by atoms with Crippen molar-refractivity contribution < 1.29 is 27.4 Å². The molecule has 0 aliphatic carbocycles. The smallest absolute Gasteiger partial charge is 0.201 e. The van der Waals surface area contributed by atoms with Crippen molar-refractivity contribution in [1.82, 2.24) is 0 Å². The Labute approximate surface area is 134 Å². The minimum atomic E-state index is -1.48. The van der Waals surface area contributed by atoms with E-state index in [1.54, 1.807) is 6.92 Å². The SMILES string of the molecule is CCCC1(F)COC(C=Cc2ccc(OCC)c(F)c2F)OC1. The monoisotopic (exact) mass is 330 g/mol. The Hall–Kier alpha value is -1.53. The van der Waals surface area contributed by atoms with E-state index in [-0.39, 0.29) is 31.1 Å². The summed E-state index contributed by atoms with van der Waals surface area (Å²) in [6, 6.07) is 2.76.